The fourth-order valence-electron chi connectivity index (χ4n) is 3.49. The zero-order valence-electron chi connectivity index (χ0n) is 19.8. The molecule has 0 saturated heterocycles. The second kappa shape index (κ2) is 10.8. The number of carbonyl (C=O) groups excluding carboxylic acids is 1. The predicted molar refractivity (Wildman–Crippen MR) is 153 cm³/mol. The monoisotopic (exact) mass is 582 g/mol. The number of hydrazone groups is 1. The van der Waals surface area contributed by atoms with E-state index in [0.29, 0.717) is 15.2 Å². The van der Waals surface area contributed by atoms with Gasteiger partial charge in [-0.1, -0.05) is 71.4 Å². The Labute approximate surface area is 233 Å². The van der Waals surface area contributed by atoms with Crippen LogP contribution in [-0.2, 0) is 20.7 Å². The number of amidine groups is 2. The van der Waals surface area contributed by atoms with Crippen molar-refractivity contribution in [3.05, 3.63) is 100 Å². The van der Waals surface area contributed by atoms with Crippen LogP contribution in [0.5, 0.6) is 5.75 Å². The maximum absolute atomic E-state index is 12.9. The van der Waals surface area contributed by atoms with Crippen molar-refractivity contribution >= 4 is 72.6 Å². The Kier molecular flexibility index (Phi) is 7.44. The van der Waals surface area contributed by atoms with Crippen LogP contribution >= 0.6 is 35.1 Å². The van der Waals surface area contributed by atoms with E-state index in [1.165, 1.54) is 64.9 Å². The molecule has 2 aliphatic rings. The molecule has 3 aromatic rings. The number of benzene rings is 3. The highest BCUT2D eigenvalue weighted by molar-refractivity contribution is 8.45. The molecule has 0 aliphatic carbocycles. The molecule has 8 nitrogen and oxygen atoms in total. The molecule has 3 aromatic carbocycles. The van der Waals surface area contributed by atoms with Gasteiger partial charge < -0.3 is 4.18 Å². The Hall–Kier alpha value is -3.38. The van der Waals surface area contributed by atoms with Gasteiger partial charge in [-0.25, -0.2) is 0 Å². The van der Waals surface area contributed by atoms with Crippen LogP contribution < -0.4 is 4.18 Å². The molecule has 12 heteroatoms. The van der Waals surface area contributed by atoms with Gasteiger partial charge in [0.2, 0.25) is 5.17 Å². The number of fused-ring (bicyclic) bond motifs is 1. The van der Waals surface area contributed by atoms with Crippen LogP contribution in [0, 0.1) is 12.3 Å². The summed E-state index contributed by atoms with van der Waals surface area (Å²) in [4.78, 5) is 17.0. The van der Waals surface area contributed by atoms with Crippen LogP contribution in [0.1, 0.15) is 16.7 Å². The molecule has 2 aliphatic heterocycles. The van der Waals surface area contributed by atoms with Crippen molar-refractivity contribution < 1.29 is 17.4 Å². The Balaban J connectivity index is 1.41. The number of rotatable bonds is 6. The summed E-state index contributed by atoms with van der Waals surface area (Å²) in [5.41, 5.74) is 2.15. The van der Waals surface area contributed by atoms with Gasteiger partial charge in [0.1, 0.15) is 10.6 Å². The summed E-state index contributed by atoms with van der Waals surface area (Å²) in [6.45, 7) is 1.85. The Morgan fingerprint density at radius 1 is 1.11 bits per heavy atom. The van der Waals surface area contributed by atoms with E-state index in [1.807, 2.05) is 37.3 Å². The summed E-state index contributed by atoms with van der Waals surface area (Å²) in [5.74, 6) is -0.201. The fraction of sp³-hybridized carbons (Fsp3) is 0.0769. The number of carbonyl (C=O) groups is 1. The van der Waals surface area contributed by atoms with Crippen molar-refractivity contribution in [2.75, 3.05) is 0 Å². The number of amides is 1. The molecular formula is C26H19ClN4O4S3. The lowest BCUT2D eigenvalue weighted by Crippen LogP contribution is -2.35. The average molecular weight is 583 g/mol. The topological polar surface area (TPSA) is 112 Å². The molecule has 0 spiro atoms. The number of nitrogens with one attached hydrogen (secondary N) is 1. The van der Waals surface area contributed by atoms with Gasteiger partial charge in [-0.05, 0) is 60.7 Å². The van der Waals surface area contributed by atoms with Gasteiger partial charge in [0.15, 0.2) is 10.2 Å². The maximum Gasteiger partial charge on any atom is 0.339 e. The van der Waals surface area contributed by atoms with E-state index < -0.39 is 16.0 Å². The van der Waals surface area contributed by atoms with E-state index in [1.54, 1.807) is 12.1 Å². The summed E-state index contributed by atoms with van der Waals surface area (Å²) in [6, 6.07) is 20.4. The van der Waals surface area contributed by atoms with Crippen LogP contribution in [0.25, 0.3) is 6.08 Å². The normalized spacial score (nSPS) is 16.4. The molecule has 1 N–H and O–H groups in total. The summed E-state index contributed by atoms with van der Waals surface area (Å²) < 4.78 is 31.8. The van der Waals surface area contributed by atoms with Crippen molar-refractivity contribution in [2.24, 2.45) is 10.1 Å². The number of halogens is 1. The van der Waals surface area contributed by atoms with Crippen molar-refractivity contribution in [1.29, 1.82) is 5.41 Å². The third kappa shape index (κ3) is 5.70. The number of nitrogens with zero attached hydrogens (tertiary/aromatic N) is 3. The van der Waals surface area contributed by atoms with Crippen LogP contribution in [0.4, 0.5) is 0 Å². The zero-order valence-corrected chi connectivity index (χ0v) is 23.0. The fourth-order valence-corrected chi connectivity index (χ4v) is 6.51. The molecule has 38 heavy (non-hydrogen) atoms. The molecule has 0 saturated carbocycles. The minimum absolute atomic E-state index is 0.0173. The quantitative estimate of drug-likeness (QED) is 0.283. The van der Waals surface area contributed by atoms with Crippen LogP contribution in [-0.4, -0.2) is 34.7 Å². The maximum atomic E-state index is 12.9. The van der Waals surface area contributed by atoms with Crippen molar-refractivity contribution in [2.45, 2.75) is 17.6 Å². The molecule has 0 bridgehead atoms. The van der Waals surface area contributed by atoms with E-state index >= 15 is 0 Å². The number of thioether (sulfide) groups is 2. The molecular weight excluding hydrogens is 564 g/mol. The average Bonchev–Trinajstić information content (AvgIpc) is 3.30. The SMILES string of the molecule is Cc1ccc(S(=O)(=O)Oc2ccc(Cl)cc2C=C2C(=N)N3N=C(SCc4ccccc4)SC3=NC2=O)cc1. The van der Waals surface area contributed by atoms with Gasteiger partial charge in [-0.15, -0.1) is 5.10 Å². The molecule has 0 unspecified atom stereocenters. The molecule has 0 fully saturated rings. The second-order valence-corrected chi connectivity index (χ2v) is 12.4. The minimum Gasteiger partial charge on any atom is -0.378 e. The molecule has 5 rings (SSSR count). The van der Waals surface area contributed by atoms with Gasteiger partial charge in [-0.2, -0.15) is 18.4 Å². The molecule has 2 heterocycles. The van der Waals surface area contributed by atoms with Gasteiger partial charge in [0, 0.05) is 16.3 Å². The summed E-state index contributed by atoms with van der Waals surface area (Å²) in [6.07, 6.45) is 1.34. The Bertz CT molecular complexity index is 1640. The molecule has 1 amide bonds. The highest BCUT2D eigenvalue weighted by atomic mass is 35.5. The summed E-state index contributed by atoms with van der Waals surface area (Å²) >= 11 is 8.86. The largest absolute Gasteiger partial charge is 0.378 e. The molecule has 192 valence electrons. The molecule has 0 atom stereocenters. The van der Waals surface area contributed by atoms with E-state index in [9.17, 15) is 13.2 Å². The Morgan fingerprint density at radius 3 is 2.58 bits per heavy atom. The smallest absolute Gasteiger partial charge is 0.339 e. The lowest BCUT2D eigenvalue weighted by Gasteiger charge is -2.20. The number of aryl methyl sites for hydroxylation is 1. The van der Waals surface area contributed by atoms with E-state index in [0.717, 1.165) is 11.1 Å². The lowest BCUT2D eigenvalue weighted by molar-refractivity contribution is -0.114. The lowest BCUT2D eigenvalue weighted by atomic mass is 10.1. The third-order valence-electron chi connectivity index (χ3n) is 5.42. The van der Waals surface area contributed by atoms with E-state index in [2.05, 4.69) is 10.1 Å². The first-order valence-corrected chi connectivity index (χ1v) is 14.8. The number of hydrogen-bond donors (Lipinski definition) is 1. The van der Waals surface area contributed by atoms with Gasteiger partial charge in [0.25, 0.3) is 5.91 Å². The summed E-state index contributed by atoms with van der Waals surface area (Å²) in [5, 5.41) is 15.0. The first-order chi connectivity index (χ1) is 18.2. The van der Waals surface area contributed by atoms with Crippen LogP contribution in [0.15, 0.2) is 93.4 Å². The van der Waals surface area contributed by atoms with E-state index in [4.69, 9.17) is 21.2 Å². The standard InChI is InChI=1S/C26H19ClN4O4S3/c1-16-7-10-20(11-8-16)38(33,34)35-22-12-9-19(27)13-18(22)14-21-23(28)31-25(29-24(21)32)37-26(30-31)36-15-17-5-3-2-4-6-17/h2-14,28H,15H2,1H3. The van der Waals surface area contributed by atoms with Crippen LogP contribution in [0.3, 0.4) is 0 Å². The highest BCUT2D eigenvalue weighted by Gasteiger charge is 2.36. The predicted octanol–water partition coefficient (Wildman–Crippen LogP) is 5.93. The third-order valence-corrected chi connectivity index (χ3v) is 9.02. The number of aliphatic imine (C=N–C) groups is 1. The van der Waals surface area contributed by atoms with Gasteiger partial charge >= 0.3 is 10.1 Å². The first kappa shape index (κ1) is 26.2. The van der Waals surface area contributed by atoms with Crippen LogP contribution in [0.2, 0.25) is 5.02 Å². The van der Waals surface area contributed by atoms with Crippen molar-refractivity contribution in [1.82, 2.24) is 5.01 Å². The molecule has 0 aromatic heterocycles. The second-order valence-electron chi connectivity index (χ2n) is 8.19. The number of hydrogen-bond acceptors (Lipinski definition) is 8. The van der Waals surface area contributed by atoms with Gasteiger partial charge in [-0.3, -0.25) is 10.2 Å². The van der Waals surface area contributed by atoms with Crippen molar-refractivity contribution in [3.8, 4) is 5.75 Å². The van der Waals surface area contributed by atoms with Crippen molar-refractivity contribution in [3.63, 3.8) is 0 Å². The zero-order chi connectivity index (χ0) is 26.9. The van der Waals surface area contributed by atoms with E-state index in [-0.39, 0.29) is 32.8 Å². The minimum atomic E-state index is -4.16. The summed E-state index contributed by atoms with van der Waals surface area (Å²) in [7, 11) is -4.16. The van der Waals surface area contributed by atoms with Gasteiger partial charge in [0.05, 0.1) is 5.57 Å². The first-order valence-electron chi connectivity index (χ1n) is 11.2. The molecule has 0 radical (unpaired) electrons. The highest BCUT2D eigenvalue weighted by Crippen LogP contribution is 2.35. The Morgan fingerprint density at radius 2 is 1.84 bits per heavy atom.